The Hall–Kier alpha value is -0.350. The average molecular weight is 220 g/mol. The summed E-state index contributed by atoms with van der Waals surface area (Å²) in [5.41, 5.74) is 0. The molecule has 0 amide bonds. The van der Waals surface area contributed by atoms with Crippen LogP contribution in [-0.2, 0) is 6.42 Å². The van der Waals surface area contributed by atoms with Crippen LogP contribution in [0.15, 0.2) is 15.2 Å². The van der Waals surface area contributed by atoms with Crippen molar-refractivity contribution in [1.82, 2.24) is 5.16 Å². The smallest absolute Gasteiger partial charge is 0.149 e. The van der Waals surface area contributed by atoms with E-state index in [9.17, 15) is 0 Å². The standard InChI is InChI=1S/C7H10BrNO2/c8-7-5-6(11-9-7)3-1-2-4-10/h5,10H,1-4H2. The minimum Gasteiger partial charge on any atom is -0.396 e. The fraction of sp³-hybridized carbons (Fsp3) is 0.571. The Morgan fingerprint density at radius 3 is 2.91 bits per heavy atom. The summed E-state index contributed by atoms with van der Waals surface area (Å²) < 4.78 is 5.67. The van der Waals surface area contributed by atoms with Crippen LogP contribution in [0.3, 0.4) is 0 Å². The number of aliphatic hydroxyl groups is 1. The Kier molecular flexibility index (Phi) is 3.59. The SMILES string of the molecule is OCCCCc1cc(Br)no1. The van der Waals surface area contributed by atoms with Crippen molar-refractivity contribution in [3.63, 3.8) is 0 Å². The van der Waals surface area contributed by atoms with Gasteiger partial charge in [-0.2, -0.15) is 0 Å². The fourth-order valence-corrected chi connectivity index (χ4v) is 1.14. The molecule has 1 N–H and O–H groups in total. The Labute approximate surface area is 73.5 Å². The molecule has 0 saturated heterocycles. The van der Waals surface area contributed by atoms with Crippen LogP contribution < -0.4 is 0 Å². The van der Waals surface area contributed by atoms with E-state index < -0.39 is 0 Å². The first-order valence-electron chi connectivity index (χ1n) is 3.55. The normalized spacial score (nSPS) is 10.4. The minimum atomic E-state index is 0.245. The Balaban J connectivity index is 2.27. The molecule has 1 aromatic heterocycles. The van der Waals surface area contributed by atoms with Crippen LogP contribution in [0.4, 0.5) is 0 Å². The number of nitrogens with zero attached hydrogens (tertiary/aromatic N) is 1. The molecule has 0 bridgehead atoms. The number of rotatable bonds is 4. The second-order valence-electron chi connectivity index (χ2n) is 2.30. The second-order valence-corrected chi connectivity index (χ2v) is 3.11. The van der Waals surface area contributed by atoms with E-state index in [4.69, 9.17) is 9.63 Å². The van der Waals surface area contributed by atoms with Gasteiger partial charge < -0.3 is 9.63 Å². The van der Waals surface area contributed by atoms with Gasteiger partial charge in [0.25, 0.3) is 0 Å². The lowest BCUT2D eigenvalue weighted by molar-refractivity contribution is 0.281. The van der Waals surface area contributed by atoms with Crippen LogP contribution in [-0.4, -0.2) is 16.9 Å². The third-order valence-electron chi connectivity index (χ3n) is 1.36. The van der Waals surface area contributed by atoms with Crippen molar-refractivity contribution in [2.24, 2.45) is 0 Å². The molecule has 1 rings (SSSR count). The Bertz CT molecular complexity index is 212. The summed E-state index contributed by atoms with van der Waals surface area (Å²) in [4.78, 5) is 0. The number of halogens is 1. The van der Waals surface area contributed by atoms with Crippen molar-refractivity contribution in [2.75, 3.05) is 6.61 Å². The summed E-state index contributed by atoms with van der Waals surface area (Å²) in [5, 5.41) is 12.2. The van der Waals surface area contributed by atoms with Gasteiger partial charge in [0.1, 0.15) is 10.4 Å². The van der Waals surface area contributed by atoms with E-state index in [2.05, 4.69) is 21.1 Å². The van der Waals surface area contributed by atoms with Gasteiger partial charge in [0.2, 0.25) is 0 Å². The highest BCUT2D eigenvalue weighted by Gasteiger charge is 1.99. The third-order valence-corrected chi connectivity index (χ3v) is 1.74. The number of aromatic nitrogens is 1. The molecule has 1 aromatic rings. The maximum absolute atomic E-state index is 8.49. The van der Waals surface area contributed by atoms with Gasteiger partial charge in [-0.25, -0.2) is 0 Å². The molecule has 1 heterocycles. The van der Waals surface area contributed by atoms with E-state index in [1.807, 2.05) is 6.07 Å². The molecule has 0 saturated carbocycles. The Morgan fingerprint density at radius 2 is 2.36 bits per heavy atom. The molecule has 0 atom stereocenters. The number of hydrogen-bond donors (Lipinski definition) is 1. The van der Waals surface area contributed by atoms with Crippen molar-refractivity contribution in [2.45, 2.75) is 19.3 Å². The number of hydrogen-bond acceptors (Lipinski definition) is 3. The predicted octanol–water partition coefficient (Wildman–Crippen LogP) is 1.75. The van der Waals surface area contributed by atoms with E-state index in [-0.39, 0.29) is 6.61 Å². The molecule has 0 fully saturated rings. The lowest BCUT2D eigenvalue weighted by atomic mass is 10.2. The number of aryl methyl sites for hydroxylation is 1. The second kappa shape index (κ2) is 4.51. The van der Waals surface area contributed by atoms with Crippen molar-refractivity contribution in [3.05, 3.63) is 16.4 Å². The van der Waals surface area contributed by atoms with E-state index >= 15 is 0 Å². The molecule has 0 aliphatic heterocycles. The quantitative estimate of drug-likeness (QED) is 0.786. The van der Waals surface area contributed by atoms with Gasteiger partial charge >= 0.3 is 0 Å². The van der Waals surface area contributed by atoms with Crippen LogP contribution in [0.25, 0.3) is 0 Å². The fourth-order valence-electron chi connectivity index (χ4n) is 0.817. The van der Waals surface area contributed by atoms with Crippen LogP contribution in [0, 0.1) is 0 Å². The zero-order chi connectivity index (χ0) is 8.10. The van der Waals surface area contributed by atoms with Gasteiger partial charge in [-0.1, -0.05) is 5.16 Å². The Morgan fingerprint density at radius 1 is 1.55 bits per heavy atom. The zero-order valence-electron chi connectivity index (χ0n) is 6.09. The molecule has 0 aliphatic rings. The minimum absolute atomic E-state index is 0.245. The van der Waals surface area contributed by atoms with Gasteiger partial charge in [-0.05, 0) is 28.8 Å². The van der Waals surface area contributed by atoms with Crippen LogP contribution in [0.1, 0.15) is 18.6 Å². The van der Waals surface area contributed by atoms with Crippen molar-refractivity contribution >= 4 is 15.9 Å². The highest BCUT2D eigenvalue weighted by atomic mass is 79.9. The monoisotopic (exact) mass is 219 g/mol. The molecule has 3 nitrogen and oxygen atoms in total. The molecule has 4 heteroatoms. The molecule has 62 valence electrons. The van der Waals surface area contributed by atoms with E-state index in [1.165, 1.54) is 0 Å². The molecule has 0 aliphatic carbocycles. The lowest BCUT2D eigenvalue weighted by Crippen LogP contribution is -1.85. The summed E-state index contributed by atoms with van der Waals surface area (Å²) in [7, 11) is 0. The van der Waals surface area contributed by atoms with Crippen LogP contribution in [0.5, 0.6) is 0 Å². The van der Waals surface area contributed by atoms with Gasteiger partial charge in [0, 0.05) is 19.1 Å². The zero-order valence-corrected chi connectivity index (χ0v) is 7.67. The first-order chi connectivity index (χ1) is 5.33. The number of unbranched alkanes of at least 4 members (excludes halogenated alkanes) is 1. The van der Waals surface area contributed by atoms with Gasteiger partial charge in [-0.3, -0.25) is 0 Å². The summed E-state index contributed by atoms with van der Waals surface area (Å²) in [6, 6.07) is 1.84. The predicted molar refractivity (Wildman–Crippen MR) is 44.2 cm³/mol. The molecule has 0 aromatic carbocycles. The van der Waals surface area contributed by atoms with Crippen molar-refractivity contribution < 1.29 is 9.63 Å². The van der Waals surface area contributed by atoms with E-state index in [1.54, 1.807) is 0 Å². The summed E-state index contributed by atoms with van der Waals surface area (Å²) in [6.45, 7) is 0.245. The third kappa shape index (κ3) is 3.03. The molecule has 0 radical (unpaired) electrons. The van der Waals surface area contributed by atoms with E-state index in [0.29, 0.717) is 0 Å². The first-order valence-corrected chi connectivity index (χ1v) is 4.34. The first kappa shape index (κ1) is 8.74. The van der Waals surface area contributed by atoms with Gasteiger partial charge in [-0.15, -0.1) is 0 Å². The van der Waals surface area contributed by atoms with Gasteiger partial charge in [0.05, 0.1) is 0 Å². The maximum atomic E-state index is 8.49. The van der Waals surface area contributed by atoms with Crippen molar-refractivity contribution in [1.29, 1.82) is 0 Å². The summed E-state index contributed by atoms with van der Waals surface area (Å²) in [5.74, 6) is 0.866. The van der Waals surface area contributed by atoms with Gasteiger partial charge in [0.15, 0.2) is 0 Å². The average Bonchev–Trinajstić information content (AvgIpc) is 2.37. The lowest BCUT2D eigenvalue weighted by Gasteiger charge is -1.91. The highest BCUT2D eigenvalue weighted by molar-refractivity contribution is 9.10. The molecule has 0 spiro atoms. The topological polar surface area (TPSA) is 46.3 Å². The molecule has 11 heavy (non-hydrogen) atoms. The maximum Gasteiger partial charge on any atom is 0.149 e. The van der Waals surface area contributed by atoms with Crippen molar-refractivity contribution in [3.8, 4) is 0 Å². The van der Waals surface area contributed by atoms with E-state index in [0.717, 1.165) is 29.6 Å². The molecular formula is C7H10BrNO2. The summed E-state index contributed by atoms with van der Waals surface area (Å²) >= 11 is 3.19. The largest absolute Gasteiger partial charge is 0.396 e. The van der Waals surface area contributed by atoms with Crippen LogP contribution in [0.2, 0.25) is 0 Å². The molecular weight excluding hydrogens is 210 g/mol. The highest BCUT2D eigenvalue weighted by Crippen LogP contribution is 2.11. The van der Waals surface area contributed by atoms with Crippen LogP contribution >= 0.6 is 15.9 Å². The molecule has 0 unspecified atom stereocenters. The summed E-state index contributed by atoms with van der Waals surface area (Å²) in [6.07, 6.45) is 2.61. The number of aliphatic hydroxyl groups excluding tert-OH is 1.